The first-order valence-corrected chi connectivity index (χ1v) is 8.85. The SMILES string of the molecule is CCC1(O)CCC(COC(=O)C(C)(I)C(C)NI)C1. The van der Waals surface area contributed by atoms with Gasteiger partial charge in [-0.15, -0.1) is 0 Å². The minimum Gasteiger partial charge on any atom is -0.464 e. The third-order valence-electron chi connectivity index (χ3n) is 4.17. The average Bonchev–Trinajstić information content (AvgIpc) is 2.77. The zero-order chi connectivity index (χ0) is 14.7. The standard InChI is InChI=1S/C13H23I2NO3/c1-4-13(18)6-5-10(7-13)8-19-11(17)12(3,14)9(2)16-15/h9-10,16,18H,4-8H2,1-3H3. The van der Waals surface area contributed by atoms with Crippen molar-refractivity contribution in [1.82, 2.24) is 3.53 Å². The van der Waals surface area contributed by atoms with Crippen LogP contribution in [0.25, 0.3) is 0 Å². The molecular weight excluding hydrogens is 472 g/mol. The largest absolute Gasteiger partial charge is 0.464 e. The molecule has 112 valence electrons. The van der Waals surface area contributed by atoms with Crippen LogP contribution in [0.1, 0.15) is 46.5 Å². The van der Waals surface area contributed by atoms with Crippen molar-refractivity contribution in [2.45, 2.75) is 61.5 Å². The molecule has 0 spiro atoms. The van der Waals surface area contributed by atoms with Gasteiger partial charge in [0.2, 0.25) is 0 Å². The highest BCUT2D eigenvalue weighted by Gasteiger charge is 2.40. The Morgan fingerprint density at radius 2 is 2.32 bits per heavy atom. The minimum absolute atomic E-state index is 0.0392. The number of rotatable bonds is 6. The normalized spacial score (nSPS) is 31.8. The number of aliphatic hydroxyl groups is 1. The molecule has 1 rings (SSSR count). The molecule has 0 aromatic carbocycles. The smallest absolute Gasteiger partial charge is 0.323 e. The zero-order valence-corrected chi connectivity index (χ0v) is 16.0. The lowest BCUT2D eigenvalue weighted by molar-refractivity contribution is -0.147. The van der Waals surface area contributed by atoms with Crippen LogP contribution in [0.3, 0.4) is 0 Å². The fourth-order valence-corrected chi connectivity index (χ4v) is 3.82. The molecule has 0 aromatic rings. The van der Waals surface area contributed by atoms with Crippen LogP contribution in [0, 0.1) is 5.92 Å². The molecule has 4 atom stereocenters. The highest BCUT2D eigenvalue weighted by molar-refractivity contribution is 14.1. The van der Waals surface area contributed by atoms with Gasteiger partial charge in [-0.25, -0.2) is 0 Å². The molecule has 0 heterocycles. The van der Waals surface area contributed by atoms with E-state index in [2.05, 4.69) is 49.0 Å². The van der Waals surface area contributed by atoms with E-state index in [1.165, 1.54) is 0 Å². The van der Waals surface area contributed by atoms with E-state index in [9.17, 15) is 9.90 Å². The number of halogens is 2. The van der Waals surface area contributed by atoms with E-state index in [4.69, 9.17) is 4.74 Å². The Kier molecular flexibility index (Phi) is 6.80. The molecule has 2 N–H and O–H groups in total. The lowest BCUT2D eigenvalue weighted by Gasteiger charge is -2.27. The van der Waals surface area contributed by atoms with Gasteiger partial charge >= 0.3 is 5.97 Å². The Labute approximate surface area is 143 Å². The zero-order valence-electron chi connectivity index (χ0n) is 11.7. The van der Waals surface area contributed by atoms with Crippen LogP contribution in [0.2, 0.25) is 0 Å². The minimum atomic E-state index is -0.571. The lowest BCUT2D eigenvalue weighted by Crippen LogP contribution is -2.46. The lowest BCUT2D eigenvalue weighted by atomic mass is 9.98. The van der Waals surface area contributed by atoms with Gasteiger partial charge in [0.25, 0.3) is 0 Å². The van der Waals surface area contributed by atoms with E-state index >= 15 is 0 Å². The predicted molar refractivity (Wildman–Crippen MR) is 92.6 cm³/mol. The van der Waals surface area contributed by atoms with Crippen molar-refractivity contribution < 1.29 is 14.6 Å². The number of ether oxygens (including phenoxy) is 1. The Morgan fingerprint density at radius 3 is 2.79 bits per heavy atom. The number of carbonyl (C=O) groups is 1. The summed E-state index contributed by atoms with van der Waals surface area (Å²) in [4.78, 5) is 12.1. The first-order chi connectivity index (χ1) is 8.75. The van der Waals surface area contributed by atoms with E-state index in [1.54, 1.807) is 0 Å². The van der Waals surface area contributed by atoms with Gasteiger partial charge in [-0.3, -0.25) is 8.32 Å². The summed E-state index contributed by atoms with van der Waals surface area (Å²) in [7, 11) is 0. The molecule has 1 aliphatic carbocycles. The summed E-state index contributed by atoms with van der Waals surface area (Å²) < 4.78 is 7.94. The first-order valence-electron chi connectivity index (χ1n) is 6.70. The van der Waals surface area contributed by atoms with Gasteiger partial charge < -0.3 is 9.84 Å². The van der Waals surface area contributed by atoms with E-state index in [0.29, 0.717) is 12.5 Å². The molecule has 1 aliphatic rings. The third-order valence-corrected chi connectivity index (χ3v) is 6.48. The van der Waals surface area contributed by atoms with Crippen LogP contribution >= 0.6 is 45.5 Å². The van der Waals surface area contributed by atoms with Gasteiger partial charge in [0.15, 0.2) is 0 Å². The molecule has 4 unspecified atom stereocenters. The number of carbonyl (C=O) groups excluding carboxylic acids is 1. The van der Waals surface area contributed by atoms with E-state index in [-0.39, 0.29) is 12.0 Å². The fourth-order valence-electron chi connectivity index (χ4n) is 2.29. The maximum absolute atomic E-state index is 12.1. The first kappa shape index (κ1) is 17.9. The Morgan fingerprint density at radius 1 is 1.68 bits per heavy atom. The van der Waals surface area contributed by atoms with Crippen molar-refractivity contribution in [2.75, 3.05) is 6.61 Å². The average molecular weight is 495 g/mol. The van der Waals surface area contributed by atoms with Gasteiger partial charge in [0.1, 0.15) is 3.42 Å². The maximum Gasteiger partial charge on any atom is 0.323 e. The molecular formula is C13H23I2NO3. The Balaban J connectivity index is 2.44. The summed E-state index contributed by atoms with van der Waals surface area (Å²) >= 11 is 4.19. The summed E-state index contributed by atoms with van der Waals surface area (Å²) in [5.41, 5.74) is -0.540. The summed E-state index contributed by atoms with van der Waals surface area (Å²) in [6, 6.07) is 0.0392. The number of nitrogens with one attached hydrogen (secondary N) is 1. The Hall–Kier alpha value is 0.850. The molecule has 4 nitrogen and oxygen atoms in total. The number of esters is 1. The van der Waals surface area contributed by atoms with Crippen molar-refractivity contribution in [3.05, 3.63) is 0 Å². The molecule has 19 heavy (non-hydrogen) atoms. The second kappa shape index (κ2) is 7.22. The number of hydrogen-bond donors (Lipinski definition) is 2. The van der Waals surface area contributed by atoms with Crippen LogP contribution < -0.4 is 3.53 Å². The number of hydrogen-bond acceptors (Lipinski definition) is 4. The fraction of sp³-hybridized carbons (Fsp3) is 0.923. The topological polar surface area (TPSA) is 58.6 Å². The number of alkyl halides is 1. The molecule has 0 radical (unpaired) electrons. The summed E-state index contributed by atoms with van der Waals surface area (Å²) in [5, 5.41) is 10.2. The van der Waals surface area contributed by atoms with Crippen molar-refractivity contribution in [1.29, 1.82) is 0 Å². The molecule has 1 saturated carbocycles. The van der Waals surface area contributed by atoms with Crippen LogP contribution in [0.5, 0.6) is 0 Å². The van der Waals surface area contributed by atoms with E-state index < -0.39 is 9.02 Å². The van der Waals surface area contributed by atoms with Gasteiger partial charge in [0.05, 0.1) is 12.2 Å². The quantitative estimate of drug-likeness (QED) is 0.258. The predicted octanol–water partition coefficient (Wildman–Crippen LogP) is 2.99. The molecule has 0 bridgehead atoms. The van der Waals surface area contributed by atoms with Crippen LogP contribution in [-0.2, 0) is 9.53 Å². The maximum atomic E-state index is 12.1. The van der Waals surface area contributed by atoms with Crippen molar-refractivity contribution in [3.63, 3.8) is 0 Å². The van der Waals surface area contributed by atoms with Crippen LogP contribution in [0.15, 0.2) is 0 Å². The molecule has 0 aliphatic heterocycles. The van der Waals surface area contributed by atoms with Gasteiger partial charge in [-0.1, -0.05) is 29.5 Å². The van der Waals surface area contributed by atoms with Crippen molar-refractivity contribution in [3.8, 4) is 0 Å². The summed E-state index contributed by atoms with van der Waals surface area (Å²) in [5.74, 6) is 0.112. The van der Waals surface area contributed by atoms with Crippen LogP contribution in [-0.4, -0.2) is 32.7 Å². The molecule has 0 amide bonds. The summed E-state index contributed by atoms with van der Waals surface area (Å²) in [6.45, 7) is 6.27. The highest BCUT2D eigenvalue weighted by atomic mass is 127. The van der Waals surface area contributed by atoms with Gasteiger partial charge in [-0.05, 0) is 45.4 Å². The molecule has 1 fully saturated rings. The molecule has 0 saturated heterocycles. The summed E-state index contributed by atoms with van der Waals surface area (Å²) in [6.07, 6.45) is 3.28. The highest BCUT2D eigenvalue weighted by Crippen LogP contribution is 2.37. The molecule has 0 aromatic heterocycles. The van der Waals surface area contributed by atoms with E-state index in [1.807, 2.05) is 20.8 Å². The van der Waals surface area contributed by atoms with Crippen molar-refractivity contribution in [2.24, 2.45) is 5.92 Å². The monoisotopic (exact) mass is 495 g/mol. The second-order valence-corrected chi connectivity index (χ2v) is 8.56. The Bertz CT molecular complexity index is 325. The van der Waals surface area contributed by atoms with Crippen molar-refractivity contribution >= 4 is 51.4 Å². The van der Waals surface area contributed by atoms with Crippen LogP contribution in [0.4, 0.5) is 0 Å². The third kappa shape index (κ3) is 4.67. The van der Waals surface area contributed by atoms with E-state index in [0.717, 1.165) is 25.7 Å². The van der Waals surface area contributed by atoms with Gasteiger partial charge in [0, 0.05) is 28.9 Å². The van der Waals surface area contributed by atoms with Gasteiger partial charge in [-0.2, -0.15) is 0 Å². The second-order valence-electron chi connectivity index (χ2n) is 5.69. The molecule has 6 heteroatoms.